The topological polar surface area (TPSA) is 64.3 Å². The van der Waals surface area contributed by atoms with Crippen LogP contribution in [-0.2, 0) is 17.6 Å². The van der Waals surface area contributed by atoms with Crippen LogP contribution in [0.25, 0.3) is 0 Å². The molecule has 0 spiro atoms. The fourth-order valence-corrected chi connectivity index (χ4v) is 1.79. The molecule has 1 N–H and O–H groups in total. The summed E-state index contributed by atoms with van der Waals surface area (Å²) in [7, 11) is 1.73. The van der Waals surface area contributed by atoms with Gasteiger partial charge in [0.15, 0.2) is 0 Å². The number of nitrogens with zero attached hydrogens (tertiary/aromatic N) is 2. The molecule has 0 aliphatic carbocycles. The zero-order chi connectivity index (χ0) is 14.3. The molecule has 0 bridgehead atoms. The van der Waals surface area contributed by atoms with Crippen molar-refractivity contribution in [1.29, 1.82) is 5.26 Å². The van der Waals surface area contributed by atoms with Gasteiger partial charge in [0.25, 0.3) is 0 Å². The summed E-state index contributed by atoms with van der Waals surface area (Å²) >= 11 is 0. The van der Waals surface area contributed by atoms with Crippen molar-refractivity contribution in [2.75, 3.05) is 13.6 Å². The van der Waals surface area contributed by atoms with E-state index in [4.69, 9.17) is 5.26 Å². The molecule has 0 aliphatic rings. The van der Waals surface area contributed by atoms with Crippen LogP contribution in [0.4, 0.5) is 0 Å². The molecular formula is C15H20N2O2. The number of carbonyl (C=O) groups excluding carboxylic acids is 1. The molecule has 1 atom stereocenters. The number of aliphatic hydroxyl groups excluding tert-OH is 1. The quantitative estimate of drug-likeness (QED) is 0.843. The van der Waals surface area contributed by atoms with Gasteiger partial charge in [-0.15, -0.1) is 0 Å². The van der Waals surface area contributed by atoms with Crippen LogP contribution in [-0.4, -0.2) is 35.6 Å². The van der Waals surface area contributed by atoms with Crippen LogP contribution in [0.15, 0.2) is 24.3 Å². The van der Waals surface area contributed by atoms with Crippen molar-refractivity contribution in [2.24, 2.45) is 0 Å². The standard InChI is InChI=1S/C15H20N2O2/c1-12(18)8-10-17(2)15(19)11-14-6-4-3-5-13(14)7-9-16/h3-6,12,18H,7-8,10-11H2,1-2H3. The summed E-state index contributed by atoms with van der Waals surface area (Å²) in [4.78, 5) is 13.7. The molecule has 1 unspecified atom stereocenters. The Morgan fingerprint density at radius 1 is 1.42 bits per heavy atom. The van der Waals surface area contributed by atoms with Gasteiger partial charge in [0.05, 0.1) is 25.0 Å². The first kappa shape index (κ1) is 15.2. The fourth-order valence-electron chi connectivity index (χ4n) is 1.79. The molecule has 0 saturated carbocycles. The second-order valence-electron chi connectivity index (χ2n) is 4.73. The molecule has 0 radical (unpaired) electrons. The summed E-state index contributed by atoms with van der Waals surface area (Å²) in [6.45, 7) is 2.25. The Hall–Kier alpha value is -1.86. The van der Waals surface area contributed by atoms with E-state index >= 15 is 0 Å². The maximum absolute atomic E-state index is 12.0. The number of aliphatic hydroxyl groups is 1. The third-order valence-corrected chi connectivity index (χ3v) is 3.04. The van der Waals surface area contributed by atoms with Crippen molar-refractivity contribution in [3.8, 4) is 6.07 Å². The van der Waals surface area contributed by atoms with Crippen LogP contribution in [0, 0.1) is 11.3 Å². The molecule has 1 aromatic carbocycles. The molecule has 0 heterocycles. The Labute approximate surface area is 114 Å². The van der Waals surface area contributed by atoms with Crippen molar-refractivity contribution < 1.29 is 9.90 Å². The van der Waals surface area contributed by atoms with E-state index < -0.39 is 6.10 Å². The van der Waals surface area contributed by atoms with Crippen molar-refractivity contribution >= 4 is 5.91 Å². The number of benzene rings is 1. The Kier molecular flexibility index (Phi) is 6.04. The second-order valence-corrected chi connectivity index (χ2v) is 4.73. The molecular weight excluding hydrogens is 240 g/mol. The van der Waals surface area contributed by atoms with Gasteiger partial charge in [-0.1, -0.05) is 24.3 Å². The lowest BCUT2D eigenvalue weighted by Gasteiger charge is -2.18. The number of amides is 1. The first-order chi connectivity index (χ1) is 9.04. The van der Waals surface area contributed by atoms with E-state index in [-0.39, 0.29) is 5.91 Å². The molecule has 0 aromatic heterocycles. The van der Waals surface area contributed by atoms with Crippen LogP contribution in [0.5, 0.6) is 0 Å². The van der Waals surface area contributed by atoms with E-state index in [2.05, 4.69) is 6.07 Å². The van der Waals surface area contributed by atoms with Crippen molar-refractivity contribution in [1.82, 2.24) is 4.90 Å². The van der Waals surface area contributed by atoms with Gasteiger partial charge in [0, 0.05) is 13.6 Å². The summed E-state index contributed by atoms with van der Waals surface area (Å²) in [5, 5.41) is 18.0. The number of carbonyl (C=O) groups is 1. The monoisotopic (exact) mass is 260 g/mol. The normalized spacial score (nSPS) is 11.7. The van der Waals surface area contributed by atoms with Crippen LogP contribution >= 0.6 is 0 Å². The van der Waals surface area contributed by atoms with Gasteiger partial charge >= 0.3 is 0 Å². The SMILES string of the molecule is CC(O)CCN(C)C(=O)Cc1ccccc1CC#N. The van der Waals surface area contributed by atoms with Crippen LogP contribution in [0.3, 0.4) is 0 Å². The average Bonchev–Trinajstić information content (AvgIpc) is 2.38. The zero-order valence-electron chi connectivity index (χ0n) is 11.5. The number of hydrogen-bond donors (Lipinski definition) is 1. The summed E-state index contributed by atoms with van der Waals surface area (Å²) in [6, 6.07) is 9.61. The molecule has 0 fully saturated rings. The lowest BCUT2D eigenvalue weighted by atomic mass is 10.0. The minimum Gasteiger partial charge on any atom is -0.393 e. The van der Waals surface area contributed by atoms with E-state index in [9.17, 15) is 9.90 Å². The highest BCUT2D eigenvalue weighted by molar-refractivity contribution is 5.78. The fraction of sp³-hybridized carbons (Fsp3) is 0.467. The molecule has 0 aliphatic heterocycles. The molecule has 4 nitrogen and oxygen atoms in total. The summed E-state index contributed by atoms with van der Waals surface area (Å²) in [5.74, 6) is 0.00559. The maximum atomic E-state index is 12.0. The van der Waals surface area contributed by atoms with Gasteiger partial charge < -0.3 is 10.0 Å². The van der Waals surface area contributed by atoms with Gasteiger partial charge in [-0.25, -0.2) is 0 Å². The van der Waals surface area contributed by atoms with Crippen LogP contribution < -0.4 is 0 Å². The third kappa shape index (κ3) is 5.11. The molecule has 1 amide bonds. The summed E-state index contributed by atoms with van der Waals surface area (Å²) < 4.78 is 0. The van der Waals surface area contributed by atoms with E-state index in [1.54, 1.807) is 18.9 Å². The van der Waals surface area contributed by atoms with Gasteiger partial charge in [-0.3, -0.25) is 4.79 Å². The highest BCUT2D eigenvalue weighted by Gasteiger charge is 2.12. The number of likely N-dealkylation sites (N-methyl/N-ethyl adjacent to an activating group) is 1. The second kappa shape index (κ2) is 7.55. The Morgan fingerprint density at radius 2 is 2.05 bits per heavy atom. The Bertz CT molecular complexity index is 463. The first-order valence-corrected chi connectivity index (χ1v) is 6.40. The Morgan fingerprint density at radius 3 is 2.63 bits per heavy atom. The van der Waals surface area contributed by atoms with Gasteiger partial charge in [-0.2, -0.15) is 5.26 Å². The molecule has 1 rings (SSSR count). The highest BCUT2D eigenvalue weighted by Crippen LogP contribution is 2.11. The van der Waals surface area contributed by atoms with E-state index in [1.807, 2.05) is 24.3 Å². The van der Waals surface area contributed by atoms with Gasteiger partial charge in [-0.05, 0) is 24.5 Å². The maximum Gasteiger partial charge on any atom is 0.226 e. The van der Waals surface area contributed by atoms with Gasteiger partial charge in [0.2, 0.25) is 5.91 Å². The lowest BCUT2D eigenvalue weighted by molar-refractivity contribution is -0.129. The lowest BCUT2D eigenvalue weighted by Crippen LogP contribution is -2.30. The molecule has 102 valence electrons. The predicted octanol–water partition coefficient (Wildman–Crippen LogP) is 1.52. The molecule has 4 heteroatoms. The highest BCUT2D eigenvalue weighted by atomic mass is 16.3. The minimum absolute atomic E-state index is 0.00559. The molecule has 1 aromatic rings. The largest absolute Gasteiger partial charge is 0.393 e. The number of nitriles is 1. The molecule has 0 saturated heterocycles. The van der Waals surface area contributed by atoms with E-state index in [0.717, 1.165) is 11.1 Å². The average molecular weight is 260 g/mol. The van der Waals surface area contributed by atoms with Crippen LogP contribution in [0.1, 0.15) is 24.5 Å². The van der Waals surface area contributed by atoms with Gasteiger partial charge in [0.1, 0.15) is 0 Å². The summed E-state index contributed by atoms with van der Waals surface area (Å²) in [5.41, 5.74) is 1.81. The van der Waals surface area contributed by atoms with Crippen molar-refractivity contribution in [2.45, 2.75) is 32.3 Å². The predicted molar refractivity (Wildman–Crippen MR) is 73.4 cm³/mol. The van der Waals surface area contributed by atoms with E-state index in [0.29, 0.717) is 25.8 Å². The smallest absolute Gasteiger partial charge is 0.226 e. The van der Waals surface area contributed by atoms with Crippen LogP contribution in [0.2, 0.25) is 0 Å². The zero-order valence-corrected chi connectivity index (χ0v) is 11.5. The number of rotatable bonds is 6. The number of hydrogen-bond acceptors (Lipinski definition) is 3. The summed E-state index contributed by atoms with van der Waals surface area (Å²) in [6.07, 6.45) is 0.790. The molecule has 19 heavy (non-hydrogen) atoms. The van der Waals surface area contributed by atoms with Crippen molar-refractivity contribution in [3.05, 3.63) is 35.4 Å². The minimum atomic E-state index is -0.402. The van der Waals surface area contributed by atoms with Crippen molar-refractivity contribution in [3.63, 3.8) is 0 Å². The first-order valence-electron chi connectivity index (χ1n) is 6.40. The third-order valence-electron chi connectivity index (χ3n) is 3.04. The Balaban J connectivity index is 2.64. The van der Waals surface area contributed by atoms with E-state index in [1.165, 1.54) is 0 Å².